The van der Waals surface area contributed by atoms with Crippen LogP contribution < -0.4 is 10.6 Å². The molecule has 0 aromatic heterocycles. The first-order valence-electron chi connectivity index (χ1n) is 19.5. The van der Waals surface area contributed by atoms with E-state index in [2.05, 4.69) is 17.2 Å². The van der Waals surface area contributed by atoms with Crippen LogP contribution in [0.1, 0.15) is 80.1 Å². The number of nitrogens with one attached hydrogen (secondary N) is 2. The number of allylic oxidation sites excluding steroid dienone is 2. The van der Waals surface area contributed by atoms with Crippen LogP contribution in [-0.2, 0) is 45.6 Å². The number of carbonyl (C=O) groups excluding carboxylic acids is 3. The quantitative estimate of drug-likeness (QED) is 0.0165. The van der Waals surface area contributed by atoms with Gasteiger partial charge >= 0.3 is 35.8 Å². The average molecular weight is 823 g/mol. The highest BCUT2D eigenvalue weighted by molar-refractivity contribution is 7.99. The predicted molar refractivity (Wildman–Crippen MR) is 218 cm³/mol. The van der Waals surface area contributed by atoms with Crippen LogP contribution in [0.4, 0.5) is 9.59 Å². The topological polar surface area (TPSA) is 158 Å². The van der Waals surface area contributed by atoms with Gasteiger partial charge in [0, 0.05) is 76.6 Å². The monoisotopic (exact) mass is 822 g/mol. The van der Waals surface area contributed by atoms with E-state index in [1.807, 2.05) is 65.8 Å². The molecular formula is C37H70N2O12SSi2. The molecule has 14 nitrogen and oxygen atoms in total. The fraction of sp³-hybridized carbons (Fsp3) is 0.757. The summed E-state index contributed by atoms with van der Waals surface area (Å²) in [7, 11) is -5.47. The first-order valence-corrected chi connectivity index (χ1v) is 24.5. The summed E-state index contributed by atoms with van der Waals surface area (Å²) < 4.78 is 50.8. The van der Waals surface area contributed by atoms with Crippen molar-refractivity contribution in [3.8, 4) is 0 Å². The molecule has 0 spiro atoms. The van der Waals surface area contributed by atoms with Gasteiger partial charge in [-0.3, -0.25) is 0 Å². The number of rotatable bonds is 36. The summed E-state index contributed by atoms with van der Waals surface area (Å²) in [5, 5.41) is 5.56. The first-order chi connectivity index (χ1) is 26.2. The van der Waals surface area contributed by atoms with Gasteiger partial charge in [0.05, 0.1) is 0 Å². The van der Waals surface area contributed by atoms with Crippen LogP contribution in [0.25, 0.3) is 0 Å². The summed E-state index contributed by atoms with van der Waals surface area (Å²) in [5.74, 6) is 1.60. The number of hydrogen-bond donors (Lipinski definition) is 2. The van der Waals surface area contributed by atoms with Gasteiger partial charge in [0.15, 0.2) is 0 Å². The summed E-state index contributed by atoms with van der Waals surface area (Å²) in [4.78, 5) is 35.7. The number of thioether (sulfide) groups is 1. The number of carbonyl (C=O) groups is 3. The summed E-state index contributed by atoms with van der Waals surface area (Å²) in [5.41, 5.74) is 0. The Hall–Kier alpha value is -2.23. The van der Waals surface area contributed by atoms with Crippen LogP contribution in [-0.4, -0.2) is 120 Å². The lowest BCUT2D eigenvalue weighted by atomic mass is 9.96. The second kappa shape index (κ2) is 35.2. The second-order valence-electron chi connectivity index (χ2n) is 11.6. The smallest absolute Gasteiger partial charge is 0.462 e. The van der Waals surface area contributed by atoms with Gasteiger partial charge in [-0.15, -0.1) is 0 Å². The second-order valence-corrected chi connectivity index (χ2v) is 18.3. The molecule has 0 fully saturated rings. The van der Waals surface area contributed by atoms with Crippen LogP contribution in [0.2, 0.25) is 12.1 Å². The Kier molecular flexibility index (Phi) is 33.8. The van der Waals surface area contributed by atoms with Crippen LogP contribution in [0.5, 0.6) is 0 Å². The van der Waals surface area contributed by atoms with Crippen molar-refractivity contribution in [3.63, 3.8) is 0 Å². The van der Waals surface area contributed by atoms with Gasteiger partial charge in [-0.05, 0) is 91.7 Å². The van der Waals surface area contributed by atoms with Gasteiger partial charge in [-0.2, -0.15) is 11.8 Å². The SMILES string of the molecule is C=CC(=O)OCCSCCC(C/C=C/COC(=O)NCCC[Si](OCC)(OCC)OCC)CC/C=C/COC(=O)NCCC[Si](OCC)(OCC)OCC. The van der Waals surface area contributed by atoms with E-state index in [0.29, 0.717) is 95.9 Å². The molecule has 0 radical (unpaired) electrons. The van der Waals surface area contributed by atoms with E-state index in [-0.39, 0.29) is 13.2 Å². The Morgan fingerprint density at radius 2 is 1.09 bits per heavy atom. The summed E-state index contributed by atoms with van der Waals surface area (Å²) in [6.45, 7) is 19.6. The van der Waals surface area contributed by atoms with Gasteiger partial charge in [-0.1, -0.05) is 30.9 Å². The van der Waals surface area contributed by atoms with Crippen molar-refractivity contribution in [2.75, 3.05) is 84.1 Å². The fourth-order valence-corrected chi connectivity index (χ4v) is 11.3. The molecule has 0 bridgehead atoms. The Bertz CT molecular complexity index is 1010. The molecule has 1 unspecified atom stereocenters. The number of hydrogen-bond acceptors (Lipinski definition) is 13. The maximum absolute atomic E-state index is 12.2. The first kappa shape index (κ1) is 51.8. The van der Waals surface area contributed by atoms with Crippen molar-refractivity contribution in [2.24, 2.45) is 5.92 Å². The highest BCUT2D eigenvalue weighted by Crippen LogP contribution is 2.21. The van der Waals surface area contributed by atoms with E-state index in [0.717, 1.165) is 37.5 Å². The van der Waals surface area contributed by atoms with E-state index in [1.54, 1.807) is 11.8 Å². The maximum Gasteiger partial charge on any atom is 0.500 e. The molecule has 2 amide bonds. The lowest BCUT2D eigenvalue weighted by molar-refractivity contribution is -0.137. The van der Waals surface area contributed by atoms with Crippen molar-refractivity contribution in [1.82, 2.24) is 10.6 Å². The molecule has 0 heterocycles. The van der Waals surface area contributed by atoms with Gasteiger partial charge in [-0.25, -0.2) is 14.4 Å². The molecule has 0 aliphatic heterocycles. The van der Waals surface area contributed by atoms with Crippen molar-refractivity contribution in [2.45, 2.75) is 92.2 Å². The lowest BCUT2D eigenvalue weighted by Crippen LogP contribution is -2.46. The molecular weight excluding hydrogens is 753 g/mol. The number of esters is 1. The number of amides is 2. The van der Waals surface area contributed by atoms with E-state index < -0.39 is 35.8 Å². The Morgan fingerprint density at radius 3 is 1.54 bits per heavy atom. The standard InChI is InChI=1S/C37H70N2O12SSi2/c1-8-35(40)43-29-31-52-30-24-34(23-17-19-28-45-37(42)39-26-21-33-54(49-12-5,50-13-6)51-14-7)22-16-15-18-27-44-36(41)38-25-20-32-53(46-9-2,47-10-3)48-11-4/h8,15,17-19,34H,1,9-14,16,20-33H2,2-7H3,(H,38,41)(H,39,42)/b18-15+,19-17+. The summed E-state index contributed by atoms with van der Waals surface area (Å²) in [6.07, 6.45) is 12.9. The molecule has 1 atom stereocenters. The van der Waals surface area contributed by atoms with E-state index >= 15 is 0 Å². The zero-order chi connectivity index (χ0) is 40.2. The van der Waals surface area contributed by atoms with Crippen molar-refractivity contribution in [1.29, 1.82) is 0 Å². The fourth-order valence-electron chi connectivity index (χ4n) is 5.21. The van der Waals surface area contributed by atoms with Crippen LogP contribution >= 0.6 is 11.8 Å². The number of alkyl carbamates (subject to hydrolysis) is 2. The largest absolute Gasteiger partial charge is 0.500 e. The van der Waals surface area contributed by atoms with E-state index in [9.17, 15) is 14.4 Å². The zero-order valence-electron chi connectivity index (χ0n) is 33.8. The Balaban J connectivity index is 4.68. The van der Waals surface area contributed by atoms with Gasteiger partial charge in [0.1, 0.15) is 19.8 Å². The molecule has 314 valence electrons. The third-order valence-electron chi connectivity index (χ3n) is 7.52. The molecule has 0 aromatic rings. The molecule has 0 rings (SSSR count). The van der Waals surface area contributed by atoms with Gasteiger partial charge in [0.25, 0.3) is 0 Å². The zero-order valence-corrected chi connectivity index (χ0v) is 36.6. The van der Waals surface area contributed by atoms with Crippen LogP contribution in [0, 0.1) is 5.92 Å². The average Bonchev–Trinajstić information content (AvgIpc) is 3.14. The molecule has 54 heavy (non-hydrogen) atoms. The highest BCUT2D eigenvalue weighted by atomic mass is 32.2. The molecule has 0 aliphatic rings. The van der Waals surface area contributed by atoms with E-state index in [4.69, 9.17) is 40.8 Å². The summed E-state index contributed by atoms with van der Waals surface area (Å²) in [6, 6.07) is 1.23. The minimum Gasteiger partial charge on any atom is -0.462 e. The Morgan fingerprint density at radius 1 is 0.630 bits per heavy atom. The summed E-state index contributed by atoms with van der Waals surface area (Å²) >= 11 is 1.73. The van der Waals surface area contributed by atoms with E-state index in [1.165, 1.54) is 0 Å². The predicted octanol–water partition coefficient (Wildman–Crippen LogP) is 7.07. The van der Waals surface area contributed by atoms with Crippen molar-refractivity contribution in [3.05, 3.63) is 37.0 Å². The minimum atomic E-state index is -2.74. The van der Waals surface area contributed by atoms with Gasteiger partial charge < -0.3 is 51.4 Å². The van der Waals surface area contributed by atoms with Crippen LogP contribution in [0.15, 0.2) is 37.0 Å². The third-order valence-corrected chi connectivity index (χ3v) is 14.8. The van der Waals surface area contributed by atoms with Crippen molar-refractivity contribution < 1.29 is 55.2 Å². The highest BCUT2D eigenvalue weighted by Gasteiger charge is 2.40. The molecule has 2 N–H and O–H groups in total. The van der Waals surface area contributed by atoms with Crippen LogP contribution in [0.3, 0.4) is 0 Å². The molecule has 0 saturated heterocycles. The maximum atomic E-state index is 12.2. The minimum absolute atomic E-state index is 0.172. The Labute approximate surface area is 331 Å². The third kappa shape index (κ3) is 27.4. The molecule has 0 aromatic carbocycles. The van der Waals surface area contributed by atoms with Crippen molar-refractivity contribution >= 4 is 47.5 Å². The molecule has 17 heteroatoms. The number of ether oxygens (including phenoxy) is 3. The molecule has 0 saturated carbocycles. The normalized spacial score (nSPS) is 12.6. The lowest BCUT2D eigenvalue weighted by Gasteiger charge is -2.28. The molecule has 0 aliphatic carbocycles. The van der Waals surface area contributed by atoms with Gasteiger partial charge in [0.2, 0.25) is 0 Å².